The summed E-state index contributed by atoms with van der Waals surface area (Å²) in [5.74, 6) is 1.29. The van der Waals surface area contributed by atoms with Gasteiger partial charge in [0, 0.05) is 38.1 Å². The molecule has 0 saturated carbocycles. The molecular weight excluding hydrogens is 236 g/mol. The van der Waals surface area contributed by atoms with Crippen LogP contribution in [0.1, 0.15) is 5.56 Å². The maximum absolute atomic E-state index is 11.1. The highest BCUT2D eigenvalue weighted by molar-refractivity contribution is 7.92. The van der Waals surface area contributed by atoms with E-state index >= 15 is 0 Å². The second-order valence-electron chi connectivity index (χ2n) is 4.28. The van der Waals surface area contributed by atoms with Crippen LogP contribution in [0.15, 0.2) is 24.3 Å². The number of nitrogens with one attached hydrogen (secondary N) is 1. The van der Waals surface area contributed by atoms with Crippen LogP contribution >= 0.6 is 0 Å². The highest BCUT2D eigenvalue weighted by Crippen LogP contribution is 2.17. The second kappa shape index (κ2) is 5.06. The molecule has 0 bridgehead atoms. The summed E-state index contributed by atoms with van der Waals surface area (Å²) in [6.07, 6.45) is 1.21. The average Bonchev–Trinajstić information content (AvgIpc) is 2.29. The van der Waals surface area contributed by atoms with Gasteiger partial charge in [-0.2, -0.15) is 0 Å². The molecule has 1 aromatic rings. The third-order valence-corrected chi connectivity index (χ3v) is 3.43. The second-order valence-corrected chi connectivity index (χ2v) is 6.17. The third-order valence-electron chi connectivity index (χ3n) is 2.73. The summed E-state index contributed by atoms with van der Waals surface area (Å²) in [4.78, 5) is 2.29. The third kappa shape index (κ3) is 3.71. The molecule has 1 fully saturated rings. The van der Waals surface area contributed by atoms with Crippen molar-refractivity contribution in [1.29, 1.82) is 0 Å². The van der Waals surface area contributed by atoms with E-state index in [2.05, 4.69) is 10.2 Å². The Labute approximate surface area is 103 Å². The van der Waals surface area contributed by atoms with Crippen molar-refractivity contribution >= 4 is 15.5 Å². The van der Waals surface area contributed by atoms with Crippen LogP contribution in [0.4, 0.5) is 5.69 Å². The normalized spacial score (nSPS) is 17.1. The summed E-state index contributed by atoms with van der Waals surface area (Å²) in [7, 11) is -3.06. The minimum atomic E-state index is -3.06. The Morgan fingerprint density at radius 2 is 1.76 bits per heavy atom. The molecule has 4 nitrogen and oxygen atoms in total. The van der Waals surface area contributed by atoms with Gasteiger partial charge in [0.2, 0.25) is 0 Å². The van der Waals surface area contributed by atoms with E-state index in [-0.39, 0.29) is 0 Å². The van der Waals surface area contributed by atoms with E-state index in [1.807, 2.05) is 24.3 Å². The van der Waals surface area contributed by atoms with Gasteiger partial charge in [-0.15, -0.1) is 0 Å². The maximum Gasteiger partial charge on any atom is 0.156 e. The monoisotopic (exact) mass is 253 g/mol. The largest absolute Gasteiger partial charge is 0.369 e. The summed E-state index contributed by atoms with van der Waals surface area (Å²) in [6, 6.07) is 7.64. The van der Waals surface area contributed by atoms with Crippen molar-refractivity contribution in [2.24, 2.45) is 0 Å². The Balaban J connectivity index is 2.07. The molecule has 5 heteroatoms. The SMILES string of the molecule is CS(=O)(=O)[CH]c1ccc(N2CCNCC2)cc1. The van der Waals surface area contributed by atoms with Crippen molar-refractivity contribution in [2.75, 3.05) is 37.3 Å². The number of hydrogen-bond donors (Lipinski definition) is 1. The van der Waals surface area contributed by atoms with Crippen molar-refractivity contribution in [2.45, 2.75) is 0 Å². The van der Waals surface area contributed by atoms with Crippen molar-refractivity contribution in [3.8, 4) is 0 Å². The lowest BCUT2D eigenvalue weighted by molar-refractivity contribution is 0.589. The first kappa shape index (κ1) is 12.4. The molecule has 0 aromatic heterocycles. The Kier molecular flexibility index (Phi) is 3.69. The zero-order chi connectivity index (χ0) is 12.3. The number of piperazine rings is 1. The van der Waals surface area contributed by atoms with Crippen molar-refractivity contribution in [1.82, 2.24) is 5.32 Å². The fourth-order valence-electron chi connectivity index (χ4n) is 1.93. The van der Waals surface area contributed by atoms with Gasteiger partial charge in [-0.05, 0) is 17.7 Å². The van der Waals surface area contributed by atoms with Crippen LogP contribution in [0.25, 0.3) is 0 Å². The van der Waals surface area contributed by atoms with Crippen LogP contribution < -0.4 is 10.2 Å². The first-order valence-electron chi connectivity index (χ1n) is 5.65. The summed E-state index contributed by atoms with van der Waals surface area (Å²) in [5.41, 5.74) is 1.88. The molecule has 0 unspecified atom stereocenters. The predicted octanol–water partition coefficient (Wildman–Crippen LogP) is 0.651. The Hall–Kier alpha value is -1.07. The molecule has 1 radical (unpaired) electrons. The van der Waals surface area contributed by atoms with Crippen LogP contribution in [0.2, 0.25) is 0 Å². The van der Waals surface area contributed by atoms with Crippen molar-refractivity contribution < 1.29 is 8.42 Å². The average molecular weight is 253 g/mol. The fraction of sp³-hybridized carbons (Fsp3) is 0.417. The molecule has 0 spiro atoms. The first-order chi connectivity index (χ1) is 8.04. The van der Waals surface area contributed by atoms with Gasteiger partial charge < -0.3 is 10.2 Å². The van der Waals surface area contributed by atoms with Crippen LogP contribution in [-0.4, -0.2) is 40.9 Å². The minimum Gasteiger partial charge on any atom is -0.369 e. The summed E-state index contributed by atoms with van der Waals surface area (Å²) >= 11 is 0. The Morgan fingerprint density at radius 3 is 2.29 bits per heavy atom. The molecule has 1 aliphatic rings. The molecule has 0 aliphatic carbocycles. The van der Waals surface area contributed by atoms with E-state index in [4.69, 9.17) is 0 Å². The van der Waals surface area contributed by atoms with E-state index in [0.29, 0.717) is 0 Å². The van der Waals surface area contributed by atoms with Crippen molar-refractivity contribution in [3.05, 3.63) is 35.6 Å². The van der Waals surface area contributed by atoms with Crippen LogP contribution in [0.5, 0.6) is 0 Å². The number of hydrogen-bond acceptors (Lipinski definition) is 4. The van der Waals surface area contributed by atoms with E-state index in [1.165, 1.54) is 12.0 Å². The highest BCUT2D eigenvalue weighted by Gasteiger charge is 2.11. The Bertz CT molecular complexity index is 462. The predicted molar refractivity (Wildman–Crippen MR) is 69.8 cm³/mol. The molecule has 93 valence electrons. The van der Waals surface area contributed by atoms with Crippen LogP contribution in [0.3, 0.4) is 0 Å². The quantitative estimate of drug-likeness (QED) is 0.859. The van der Waals surface area contributed by atoms with Gasteiger partial charge in [-0.3, -0.25) is 0 Å². The number of sulfone groups is 1. The molecular formula is C12H17N2O2S. The van der Waals surface area contributed by atoms with Gasteiger partial charge in [0.05, 0.1) is 0 Å². The van der Waals surface area contributed by atoms with E-state index < -0.39 is 9.84 Å². The number of rotatable bonds is 3. The number of benzene rings is 1. The molecule has 1 N–H and O–H groups in total. The van der Waals surface area contributed by atoms with Gasteiger partial charge in [0.1, 0.15) is 5.75 Å². The lowest BCUT2D eigenvalue weighted by atomic mass is 10.2. The Morgan fingerprint density at radius 1 is 1.18 bits per heavy atom. The summed E-state index contributed by atoms with van der Waals surface area (Å²) in [6.45, 7) is 3.98. The minimum absolute atomic E-state index is 0.728. The zero-order valence-electron chi connectivity index (χ0n) is 9.89. The van der Waals surface area contributed by atoms with Crippen LogP contribution in [0, 0.1) is 5.75 Å². The topological polar surface area (TPSA) is 49.4 Å². The van der Waals surface area contributed by atoms with E-state index in [9.17, 15) is 8.42 Å². The summed E-state index contributed by atoms with van der Waals surface area (Å²) in [5, 5.41) is 3.30. The van der Waals surface area contributed by atoms with E-state index in [1.54, 1.807) is 0 Å². The van der Waals surface area contributed by atoms with Gasteiger partial charge in [0.25, 0.3) is 0 Å². The molecule has 1 saturated heterocycles. The summed E-state index contributed by atoms with van der Waals surface area (Å²) < 4.78 is 22.2. The molecule has 1 aromatic carbocycles. The highest BCUT2D eigenvalue weighted by atomic mass is 32.2. The number of nitrogens with zero attached hydrogens (tertiary/aromatic N) is 1. The molecule has 1 heterocycles. The standard InChI is InChI=1S/C12H17N2O2S/c1-17(15,16)10-11-2-4-12(5-3-11)14-8-6-13-7-9-14/h2-5,10,13H,6-9H2,1H3. The van der Waals surface area contributed by atoms with Crippen molar-refractivity contribution in [3.63, 3.8) is 0 Å². The van der Waals surface area contributed by atoms with Crippen LogP contribution in [-0.2, 0) is 9.84 Å². The molecule has 0 atom stereocenters. The van der Waals surface area contributed by atoms with Gasteiger partial charge in [-0.25, -0.2) is 8.42 Å². The van der Waals surface area contributed by atoms with E-state index in [0.717, 1.165) is 37.4 Å². The zero-order valence-corrected chi connectivity index (χ0v) is 10.7. The lowest BCUT2D eigenvalue weighted by Gasteiger charge is -2.29. The van der Waals surface area contributed by atoms with Gasteiger partial charge in [0.15, 0.2) is 9.84 Å². The molecule has 1 aliphatic heterocycles. The molecule has 17 heavy (non-hydrogen) atoms. The fourth-order valence-corrected chi connectivity index (χ4v) is 2.59. The first-order valence-corrected chi connectivity index (χ1v) is 7.61. The molecule has 2 rings (SSSR count). The molecule has 0 amide bonds. The number of anilines is 1. The lowest BCUT2D eigenvalue weighted by Crippen LogP contribution is -2.43. The maximum atomic E-state index is 11.1. The van der Waals surface area contributed by atoms with Gasteiger partial charge >= 0.3 is 0 Å². The van der Waals surface area contributed by atoms with Gasteiger partial charge in [-0.1, -0.05) is 12.1 Å². The smallest absolute Gasteiger partial charge is 0.156 e.